The first kappa shape index (κ1) is 17.1. The van der Waals surface area contributed by atoms with Crippen molar-refractivity contribution in [1.29, 1.82) is 0 Å². The molecule has 0 bridgehead atoms. The molecule has 3 rings (SSSR count). The fraction of sp³-hybridized carbons (Fsp3) is 0.176. The zero-order chi connectivity index (χ0) is 17.8. The summed E-state index contributed by atoms with van der Waals surface area (Å²) in [6.07, 6.45) is 0. The van der Waals surface area contributed by atoms with Gasteiger partial charge in [0, 0.05) is 30.0 Å². The number of amidine groups is 1. The molecule has 1 heterocycles. The summed E-state index contributed by atoms with van der Waals surface area (Å²) < 4.78 is 13.7. The number of hydrogen-bond acceptors (Lipinski definition) is 5. The van der Waals surface area contributed by atoms with Crippen LogP contribution in [-0.4, -0.2) is 34.0 Å². The van der Waals surface area contributed by atoms with Crippen LogP contribution in [0.3, 0.4) is 0 Å². The molecule has 1 aliphatic heterocycles. The van der Waals surface area contributed by atoms with Crippen molar-refractivity contribution in [2.75, 3.05) is 13.1 Å². The fourth-order valence-corrected chi connectivity index (χ4v) is 3.44. The van der Waals surface area contributed by atoms with E-state index in [2.05, 4.69) is 4.99 Å². The number of halogens is 1. The largest absolute Gasteiger partial charge is 0.286 e. The van der Waals surface area contributed by atoms with E-state index in [-0.39, 0.29) is 23.0 Å². The van der Waals surface area contributed by atoms with E-state index in [1.54, 1.807) is 18.2 Å². The lowest BCUT2D eigenvalue weighted by molar-refractivity contribution is -0.384. The molecule has 0 N–H and O–H groups in total. The van der Waals surface area contributed by atoms with Crippen LogP contribution < -0.4 is 0 Å². The van der Waals surface area contributed by atoms with Gasteiger partial charge in [-0.15, -0.1) is 0 Å². The minimum atomic E-state index is -0.539. The van der Waals surface area contributed by atoms with E-state index in [0.29, 0.717) is 29.6 Å². The first-order valence-electron chi connectivity index (χ1n) is 7.53. The monoisotopic (exact) mass is 359 g/mol. The van der Waals surface area contributed by atoms with Gasteiger partial charge in [-0.25, -0.2) is 4.39 Å². The molecule has 0 saturated carbocycles. The Morgan fingerprint density at radius 3 is 2.84 bits per heavy atom. The van der Waals surface area contributed by atoms with Crippen molar-refractivity contribution in [2.24, 2.45) is 4.99 Å². The number of nitro benzene ring substituents is 1. The van der Waals surface area contributed by atoms with Gasteiger partial charge in [0.1, 0.15) is 5.82 Å². The molecule has 0 atom stereocenters. The average molecular weight is 359 g/mol. The van der Waals surface area contributed by atoms with Crippen molar-refractivity contribution in [2.45, 2.75) is 5.75 Å². The van der Waals surface area contributed by atoms with Crippen molar-refractivity contribution < 1.29 is 14.1 Å². The minimum Gasteiger partial charge on any atom is -0.286 e. The summed E-state index contributed by atoms with van der Waals surface area (Å²) in [5.74, 6) is -0.296. The summed E-state index contributed by atoms with van der Waals surface area (Å²) in [5, 5.41) is 11.4. The summed E-state index contributed by atoms with van der Waals surface area (Å²) in [6, 6.07) is 12.0. The first-order valence-corrected chi connectivity index (χ1v) is 8.52. The molecule has 1 aliphatic rings. The van der Waals surface area contributed by atoms with E-state index >= 15 is 0 Å². The molecule has 0 fully saturated rings. The minimum absolute atomic E-state index is 0.137. The highest BCUT2D eigenvalue weighted by Gasteiger charge is 2.26. The van der Waals surface area contributed by atoms with Crippen molar-refractivity contribution in [1.82, 2.24) is 4.90 Å². The highest BCUT2D eigenvalue weighted by atomic mass is 32.2. The molecule has 0 radical (unpaired) electrons. The van der Waals surface area contributed by atoms with E-state index in [4.69, 9.17) is 0 Å². The predicted octanol–water partition coefficient (Wildman–Crippen LogP) is 3.48. The second-order valence-corrected chi connectivity index (χ2v) is 6.25. The Hall–Kier alpha value is -2.74. The van der Waals surface area contributed by atoms with Gasteiger partial charge in [0.05, 0.1) is 11.5 Å². The smallest absolute Gasteiger partial charge is 0.270 e. The Balaban J connectivity index is 1.73. The zero-order valence-corrected chi connectivity index (χ0v) is 13.9. The number of hydrogen-bond donors (Lipinski definition) is 0. The predicted molar refractivity (Wildman–Crippen MR) is 94.1 cm³/mol. The Morgan fingerprint density at radius 1 is 1.28 bits per heavy atom. The number of nitro groups is 1. The third-order valence-corrected chi connectivity index (χ3v) is 4.73. The molecule has 0 spiro atoms. The summed E-state index contributed by atoms with van der Waals surface area (Å²) >= 11 is 1.27. The number of non-ortho nitro benzene ring substituents is 1. The molecule has 0 aromatic heterocycles. The van der Waals surface area contributed by atoms with Crippen molar-refractivity contribution in [3.8, 4) is 0 Å². The highest BCUT2D eigenvalue weighted by molar-refractivity contribution is 8.13. The molecule has 25 heavy (non-hydrogen) atoms. The molecule has 2 aromatic rings. The van der Waals surface area contributed by atoms with E-state index in [1.807, 2.05) is 0 Å². The third kappa shape index (κ3) is 3.85. The van der Waals surface area contributed by atoms with E-state index in [1.165, 1.54) is 47.0 Å². The maximum absolute atomic E-state index is 13.7. The number of carbonyl (C=O) groups is 1. The lowest BCUT2D eigenvalue weighted by atomic mass is 10.2. The van der Waals surface area contributed by atoms with Crippen LogP contribution >= 0.6 is 11.8 Å². The third-order valence-electron chi connectivity index (χ3n) is 3.67. The number of benzene rings is 2. The van der Waals surface area contributed by atoms with E-state index in [9.17, 15) is 19.3 Å². The molecule has 2 aromatic carbocycles. The first-order chi connectivity index (χ1) is 12.1. The maximum Gasteiger partial charge on any atom is 0.270 e. The van der Waals surface area contributed by atoms with Crippen LogP contribution in [0.4, 0.5) is 10.1 Å². The lowest BCUT2D eigenvalue weighted by Gasteiger charge is -2.18. The zero-order valence-electron chi connectivity index (χ0n) is 13.1. The van der Waals surface area contributed by atoms with Gasteiger partial charge in [-0.1, -0.05) is 36.0 Å². The Kier molecular flexibility index (Phi) is 5.08. The van der Waals surface area contributed by atoms with Crippen LogP contribution in [0.5, 0.6) is 0 Å². The Labute approximate surface area is 147 Å². The second kappa shape index (κ2) is 7.43. The summed E-state index contributed by atoms with van der Waals surface area (Å²) in [4.78, 5) is 28.7. The molecular formula is C17H14FN3O3S. The molecule has 6 nitrogen and oxygen atoms in total. The standard InChI is InChI=1S/C17H14FN3O3S/c18-15-7-2-1-4-13(15)11-25-17-19-8-9-20(17)16(22)12-5-3-6-14(10-12)21(23)24/h1-7,10H,8-9,11H2. The van der Waals surface area contributed by atoms with Crippen LogP contribution in [0.15, 0.2) is 53.5 Å². The van der Waals surface area contributed by atoms with Crippen LogP contribution in [0.25, 0.3) is 0 Å². The van der Waals surface area contributed by atoms with Gasteiger partial charge in [-0.3, -0.25) is 24.8 Å². The number of carbonyl (C=O) groups excluding carboxylic acids is 1. The van der Waals surface area contributed by atoms with Crippen molar-refractivity contribution in [3.63, 3.8) is 0 Å². The highest BCUT2D eigenvalue weighted by Crippen LogP contribution is 2.23. The van der Waals surface area contributed by atoms with Crippen molar-refractivity contribution in [3.05, 3.63) is 75.6 Å². The molecular weight excluding hydrogens is 345 g/mol. The average Bonchev–Trinajstić information content (AvgIpc) is 3.09. The van der Waals surface area contributed by atoms with Gasteiger partial charge in [0.15, 0.2) is 5.17 Å². The van der Waals surface area contributed by atoms with Gasteiger partial charge in [0.2, 0.25) is 0 Å². The summed E-state index contributed by atoms with van der Waals surface area (Å²) in [5.41, 5.74) is 0.627. The van der Waals surface area contributed by atoms with E-state index < -0.39 is 4.92 Å². The number of thioether (sulfide) groups is 1. The van der Waals surface area contributed by atoms with Crippen LogP contribution in [0, 0.1) is 15.9 Å². The van der Waals surface area contributed by atoms with Gasteiger partial charge in [0.25, 0.3) is 11.6 Å². The van der Waals surface area contributed by atoms with Gasteiger partial charge in [-0.2, -0.15) is 0 Å². The van der Waals surface area contributed by atoms with Gasteiger partial charge < -0.3 is 0 Å². The molecule has 0 saturated heterocycles. The maximum atomic E-state index is 13.7. The molecule has 1 amide bonds. The summed E-state index contributed by atoms with van der Waals surface area (Å²) in [6.45, 7) is 0.863. The molecule has 0 unspecified atom stereocenters. The quantitative estimate of drug-likeness (QED) is 0.619. The normalized spacial score (nSPS) is 13.6. The molecule has 0 aliphatic carbocycles. The number of amides is 1. The molecule has 128 valence electrons. The number of nitrogens with zero attached hydrogens (tertiary/aromatic N) is 3. The number of aliphatic imine (C=N–C) groups is 1. The van der Waals surface area contributed by atoms with Gasteiger partial charge >= 0.3 is 0 Å². The number of rotatable bonds is 4. The van der Waals surface area contributed by atoms with Crippen LogP contribution in [0.1, 0.15) is 15.9 Å². The summed E-state index contributed by atoms with van der Waals surface area (Å²) in [7, 11) is 0. The van der Waals surface area contributed by atoms with Crippen molar-refractivity contribution >= 4 is 28.5 Å². The SMILES string of the molecule is O=C(c1cccc([N+](=O)[O-])c1)N1CCN=C1SCc1ccccc1F. The van der Waals surface area contributed by atoms with E-state index in [0.717, 1.165) is 0 Å². The van der Waals surface area contributed by atoms with Crippen LogP contribution in [-0.2, 0) is 5.75 Å². The van der Waals surface area contributed by atoms with Crippen LogP contribution in [0.2, 0.25) is 0 Å². The Morgan fingerprint density at radius 2 is 2.08 bits per heavy atom. The van der Waals surface area contributed by atoms with Gasteiger partial charge in [-0.05, 0) is 17.7 Å². The lowest BCUT2D eigenvalue weighted by Crippen LogP contribution is -2.32. The molecule has 8 heteroatoms. The Bertz CT molecular complexity index is 857. The fourth-order valence-electron chi connectivity index (χ4n) is 2.40. The topological polar surface area (TPSA) is 75.8 Å². The second-order valence-electron chi connectivity index (χ2n) is 5.31.